The number of hydrogen-bond donors (Lipinski definition) is 0. The second kappa shape index (κ2) is 17.6. The summed E-state index contributed by atoms with van der Waals surface area (Å²) in [4.78, 5) is 26.7. The highest BCUT2D eigenvalue weighted by molar-refractivity contribution is 5.78. The number of esters is 1. The topological polar surface area (TPSA) is 46.6 Å². The van der Waals surface area contributed by atoms with E-state index in [4.69, 9.17) is 4.74 Å². The van der Waals surface area contributed by atoms with Gasteiger partial charge in [-0.15, -0.1) is 0 Å². The van der Waals surface area contributed by atoms with Crippen molar-refractivity contribution in [3.63, 3.8) is 0 Å². The van der Waals surface area contributed by atoms with Gasteiger partial charge < -0.3 is 4.74 Å². The van der Waals surface area contributed by atoms with Crippen LogP contribution in [0.2, 0.25) is 0 Å². The first-order valence-corrected chi connectivity index (χ1v) is 16.8. The van der Waals surface area contributed by atoms with Gasteiger partial charge in [0, 0.05) is 38.4 Å². The normalized spacial score (nSPS) is 16.2. The third kappa shape index (κ3) is 10.5. The highest BCUT2D eigenvalue weighted by Gasteiger charge is 2.39. The van der Waals surface area contributed by atoms with Gasteiger partial charge >= 0.3 is 5.97 Å². The van der Waals surface area contributed by atoms with Crippen molar-refractivity contribution < 1.29 is 14.3 Å². The van der Waals surface area contributed by atoms with Gasteiger partial charge in [-0.3, -0.25) is 14.5 Å². The van der Waals surface area contributed by atoms with E-state index in [9.17, 15) is 9.59 Å². The number of carbonyl (C=O) groups is 2. The maximum absolute atomic E-state index is 12.3. The van der Waals surface area contributed by atoms with Gasteiger partial charge in [-0.25, -0.2) is 0 Å². The van der Waals surface area contributed by atoms with E-state index < -0.39 is 0 Å². The summed E-state index contributed by atoms with van der Waals surface area (Å²) in [6, 6.07) is 38.0. The number of methoxy groups -OCH3 is 1. The fourth-order valence-corrected chi connectivity index (χ4v) is 6.16. The highest BCUT2D eigenvalue weighted by atomic mass is 16.5. The van der Waals surface area contributed by atoms with Crippen molar-refractivity contribution >= 4 is 11.8 Å². The molecule has 242 valence electrons. The van der Waals surface area contributed by atoms with Crippen molar-refractivity contribution in [3.05, 3.63) is 143 Å². The van der Waals surface area contributed by atoms with Gasteiger partial charge in [-0.1, -0.05) is 137 Å². The Kier molecular flexibility index (Phi) is 13.3. The molecule has 0 bridgehead atoms. The van der Waals surface area contributed by atoms with Gasteiger partial charge in [0.05, 0.1) is 13.0 Å². The van der Waals surface area contributed by atoms with Crippen molar-refractivity contribution in [2.75, 3.05) is 20.2 Å². The van der Waals surface area contributed by atoms with Crippen LogP contribution in [0.1, 0.15) is 91.7 Å². The number of Topliss-reactive ketones (excluding diaryl/α,β-unsaturated/α-hetero) is 1. The number of nitrogens with zero attached hydrogens (tertiary/aromatic N) is 1. The molecule has 0 aromatic heterocycles. The molecule has 0 radical (unpaired) electrons. The van der Waals surface area contributed by atoms with E-state index in [0.717, 1.165) is 32.5 Å². The molecule has 0 N–H and O–H groups in total. The summed E-state index contributed by atoms with van der Waals surface area (Å²) in [6.45, 7) is 11.3. The molecule has 1 aliphatic heterocycles. The standard InChI is InChI=1S/C22H27NO2.C20H24O/c1-16(2)18-9-11-19(12-10-18)20-14-23(15-21(20)22(24)25-3)13-17-7-5-4-6-8-17;1-16(2)19-10-6-9-18(15-19)12-14-20(21)13-11-17-7-4-3-5-8-17/h4-12,16,20-21H,13-15H2,1-3H3;3-10,15-16H,11-14H2,1-2H3/t20?,21-;/m0./s1. The summed E-state index contributed by atoms with van der Waals surface area (Å²) in [7, 11) is 1.49. The van der Waals surface area contributed by atoms with Gasteiger partial charge in [0.15, 0.2) is 0 Å². The van der Waals surface area contributed by atoms with E-state index in [1.165, 1.54) is 40.5 Å². The number of ether oxygens (including phenoxy) is 1. The molecule has 4 heteroatoms. The first kappa shape index (κ1) is 34.8. The summed E-state index contributed by atoms with van der Waals surface area (Å²) in [6.07, 6.45) is 3.00. The van der Waals surface area contributed by atoms with Crippen LogP contribution < -0.4 is 0 Å². The van der Waals surface area contributed by atoms with Crippen LogP contribution in [0.15, 0.2) is 109 Å². The minimum atomic E-state index is -0.103. The predicted molar refractivity (Wildman–Crippen MR) is 189 cm³/mol. The molecule has 1 aliphatic rings. The molecule has 2 atom stereocenters. The number of benzene rings is 4. The van der Waals surface area contributed by atoms with Crippen molar-refractivity contribution in [2.24, 2.45) is 5.92 Å². The number of likely N-dealkylation sites (tertiary alicyclic amines) is 1. The molecular weight excluding hydrogens is 566 g/mol. The van der Waals surface area contributed by atoms with Crippen molar-refractivity contribution in [3.8, 4) is 0 Å². The van der Waals surface area contributed by atoms with Crippen LogP contribution in [-0.2, 0) is 33.7 Å². The van der Waals surface area contributed by atoms with E-state index in [2.05, 4.69) is 118 Å². The molecule has 4 nitrogen and oxygen atoms in total. The van der Waals surface area contributed by atoms with Gasteiger partial charge in [-0.2, -0.15) is 0 Å². The molecule has 5 rings (SSSR count). The third-order valence-electron chi connectivity index (χ3n) is 9.03. The van der Waals surface area contributed by atoms with E-state index in [0.29, 0.717) is 30.5 Å². The number of carbonyl (C=O) groups excluding carboxylic acids is 2. The first-order chi connectivity index (χ1) is 22.2. The maximum atomic E-state index is 12.3. The summed E-state index contributed by atoms with van der Waals surface area (Å²) in [5.74, 6) is 1.40. The molecule has 1 saturated heterocycles. The highest BCUT2D eigenvalue weighted by Crippen LogP contribution is 2.35. The molecule has 0 spiro atoms. The average molecular weight is 618 g/mol. The monoisotopic (exact) mass is 617 g/mol. The summed E-state index contributed by atoms with van der Waals surface area (Å²) in [5, 5.41) is 0. The summed E-state index contributed by atoms with van der Waals surface area (Å²) < 4.78 is 5.08. The minimum absolute atomic E-state index is 0.0985. The number of ketones is 1. The molecule has 1 fully saturated rings. The van der Waals surface area contributed by atoms with Crippen LogP contribution >= 0.6 is 0 Å². The van der Waals surface area contributed by atoms with Crippen LogP contribution in [0.4, 0.5) is 0 Å². The van der Waals surface area contributed by atoms with Crippen molar-refractivity contribution in [1.29, 1.82) is 0 Å². The van der Waals surface area contributed by atoms with Crippen molar-refractivity contribution in [1.82, 2.24) is 4.90 Å². The van der Waals surface area contributed by atoms with Crippen LogP contribution in [0.5, 0.6) is 0 Å². The van der Waals surface area contributed by atoms with E-state index in [-0.39, 0.29) is 17.8 Å². The van der Waals surface area contributed by atoms with Gasteiger partial charge in [-0.05, 0) is 58.1 Å². The molecule has 0 aliphatic carbocycles. The molecular formula is C42H51NO3. The van der Waals surface area contributed by atoms with Gasteiger partial charge in [0.2, 0.25) is 0 Å². The Labute approximate surface area is 276 Å². The van der Waals surface area contributed by atoms with E-state index in [1.807, 2.05) is 24.3 Å². The van der Waals surface area contributed by atoms with Gasteiger partial charge in [0.25, 0.3) is 0 Å². The fourth-order valence-electron chi connectivity index (χ4n) is 6.16. The quantitative estimate of drug-likeness (QED) is 0.149. The Morgan fingerprint density at radius 1 is 0.674 bits per heavy atom. The fraction of sp³-hybridized carbons (Fsp3) is 0.381. The van der Waals surface area contributed by atoms with Crippen LogP contribution in [0.25, 0.3) is 0 Å². The Hall–Kier alpha value is -4.02. The lowest BCUT2D eigenvalue weighted by Crippen LogP contribution is -2.24. The Balaban J connectivity index is 0.000000212. The lowest BCUT2D eigenvalue weighted by Gasteiger charge is -2.18. The maximum Gasteiger partial charge on any atom is 0.310 e. The smallest absolute Gasteiger partial charge is 0.310 e. The zero-order chi connectivity index (χ0) is 32.9. The molecule has 0 saturated carbocycles. The summed E-state index contributed by atoms with van der Waals surface area (Å²) in [5.41, 5.74) is 7.71. The number of hydrogen-bond acceptors (Lipinski definition) is 4. The van der Waals surface area contributed by atoms with Crippen LogP contribution in [0.3, 0.4) is 0 Å². The SMILES string of the molecule is CC(C)c1cccc(CCC(=O)CCc2ccccc2)c1.COC(=O)[C@H]1CN(Cc2ccccc2)CC1c1ccc(C(C)C)cc1. The van der Waals surface area contributed by atoms with Crippen molar-refractivity contribution in [2.45, 2.75) is 77.7 Å². The first-order valence-electron chi connectivity index (χ1n) is 16.8. The lowest BCUT2D eigenvalue weighted by atomic mass is 9.88. The molecule has 4 aromatic rings. The molecule has 1 heterocycles. The van der Waals surface area contributed by atoms with Crippen LogP contribution in [0, 0.1) is 5.92 Å². The number of aryl methyl sites for hydroxylation is 2. The third-order valence-corrected chi connectivity index (χ3v) is 9.03. The molecule has 46 heavy (non-hydrogen) atoms. The largest absolute Gasteiger partial charge is 0.469 e. The van der Waals surface area contributed by atoms with E-state index >= 15 is 0 Å². The second-order valence-electron chi connectivity index (χ2n) is 13.2. The predicted octanol–water partition coefficient (Wildman–Crippen LogP) is 9.14. The van der Waals surface area contributed by atoms with Crippen LogP contribution in [-0.4, -0.2) is 36.9 Å². The zero-order valence-corrected chi connectivity index (χ0v) is 28.3. The van der Waals surface area contributed by atoms with E-state index in [1.54, 1.807) is 0 Å². The molecule has 4 aromatic carbocycles. The minimum Gasteiger partial charge on any atom is -0.469 e. The molecule has 0 amide bonds. The lowest BCUT2D eigenvalue weighted by molar-refractivity contribution is -0.145. The Morgan fingerprint density at radius 3 is 1.83 bits per heavy atom. The Morgan fingerprint density at radius 2 is 1.24 bits per heavy atom. The average Bonchev–Trinajstić information content (AvgIpc) is 3.51. The second-order valence-corrected chi connectivity index (χ2v) is 13.2. The Bertz CT molecular complexity index is 1500. The zero-order valence-electron chi connectivity index (χ0n) is 28.3. The summed E-state index contributed by atoms with van der Waals surface area (Å²) >= 11 is 0. The molecule has 1 unspecified atom stereocenters. The number of rotatable bonds is 12. The van der Waals surface area contributed by atoms with Gasteiger partial charge in [0.1, 0.15) is 5.78 Å².